The van der Waals surface area contributed by atoms with Crippen LogP contribution >= 0.6 is 0 Å². The Labute approximate surface area is 112 Å². The van der Waals surface area contributed by atoms with E-state index in [2.05, 4.69) is 15.4 Å². The van der Waals surface area contributed by atoms with Gasteiger partial charge in [-0.05, 0) is 32.0 Å². The fraction of sp³-hybridized carbons (Fsp3) is 0.429. The largest absolute Gasteiger partial charge is 0.316 e. The van der Waals surface area contributed by atoms with Crippen LogP contribution in [0.5, 0.6) is 0 Å². The molecule has 0 radical (unpaired) electrons. The molecule has 19 heavy (non-hydrogen) atoms. The second-order valence-corrected chi connectivity index (χ2v) is 4.48. The van der Waals surface area contributed by atoms with Gasteiger partial charge >= 0.3 is 0 Å². The van der Waals surface area contributed by atoms with E-state index in [0.717, 1.165) is 24.4 Å². The number of halogens is 1. The van der Waals surface area contributed by atoms with Crippen molar-refractivity contribution in [1.29, 1.82) is 0 Å². The van der Waals surface area contributed by atoms with Crippen molar-refractivity contribution >= 4 is 0 Å². The van der Waals surface area contributed by atoms with Crippen LogP contribution in [0.3, 0.4) is 0 Å². The number of hydrogen-bond donors (Lipinski definition) is 1. The molecule has 0 saturated carbocycles. The Hall–Kier alpha value is -1.75. The smallest absolute Gasteiger partial charge is 0.138 e. The molecule has 0 spiro atoms. The summed E-state index contributed by atoms with van der Waals surface area (Å²) in [4.78, 5) is 4.26. The molecule has 4 nitrogen and oxygen atoms in total. The molecule has 1 aromatic carbocycles. The van der Waals surface area contributed by atoms with E-state index in [1.807, 2.05) is 30.8 Å². The lowest BCUT2D eigenvalue weighted by Crippen LogP contribution is -2.31. The van der Waals surface area contributed by atoms with Crippen LogP contribution in [0.4, 0.5) is 4.39 Å². The summed E-state index contributed by atoms with van der Waals surface area (Å²) in [6.45, 7) is 2.83. The Balaban J connectivity index is 2.07. The van der Waals surface area contributed by atoms with E-state index in [1.165, 1.54) is 6.07 Å². The Morgan fingerprint density at radius 2 is 2.11 bits per heavy atom. The summed E-state index contributed by atoms with van der Waals surface area (Å²) in [6, 6.07) is 7.04. The molecule has 1 aromatic heterocycles. The summed E-state index contributed by atoms with van der Waals surface area (Å²) in [6.07, 6.45) is 2.94. The Kier molecular flexibility index (Phi) is 4.63. The average molecular weight is 262 g/mol. The minimum absolute atomic E-state index is 0.145. The summed E-state index contributed by atoms with van der Waals surface area (Å²) >= 11 is 0. The zero-order valence-electron chi connectivity index (χ0n) is 11.3. The standard InChI is InChI=1S/C14H19FN4/c1-3-19-14(17-10-18-19)9-12(16-2)8-11-6-4-5-7-13(11)15/h4-7,10,12,16H,3,8-9H2,1-2H3. The van der Waals surface area contributed by atoms with Crippen molar-refractivity contribution in [2.24, 2.45) is 0 Å². The summed E-state index contributed by atoms with van der Waals surface area (Å²) in [5, 5.41) is 7.37. The molecule has 0 aliphatic rings. The lowest BCUT2D eigenvalue weighted by Gasteiger charge is -2.16. The van der Waals surface area contributed by atoms with E-state index in [4.69, 9.17) is 0 Å². The van der Waals surface area contributed by atoms with Crippen LogP contribution < -0.4 is 5.32 Å². The van der Waals surface area contributed by atoms with Gasteiger partial charge in [0.15, 0.2) is 0 Å². The number of hydrogen-bond acceptors (Lipinski definition) is 3. The van der Waals surface area contributed by atoms with Crippen LogP contribution in [0.25, 0.3) is 0 Å². The van der Waals surface area contributed by atoms with Gasteiger partial charge in [-0.15, -0.1) is 0 Å². The maximum atomic E-state index is 13.6. The lowest BCUT2D eigenvalue weighted by molar-refractivity contribution is 0.501. The van der Waals surface area contributed by atoms with Crippen molar-refractivity contribution in [3.8, 4) is 0 Å². The van der Waals surface area contributed by atoms with Crippen LogP contribution in [0.2, 0.25) is 0 Å². The normalized spacial score (nSPS) is 12.6. The predicted molar refractivity (Wildman–Crippen MR) is 72.4 cm³/mol. The molecule has 0 bridgehead atoms. The SMILES string of the molecule is CCn1ncnc1CC(Cc1ccccc1F)NC. The highest BCUT2D eigenvalue weighted by atomic mass is 19.1. The summed E-state index contributed by atoms with van der Waals surface area (Å²) in [5.74, 6) is 0.776. The summed E-state index contributed by atoms with van der Waals surface area (Å²) in [7, 11) is 1.89. The zero-order valence-corrected chi connectivity index (χ0v) is 11.3. The number of nitrogens with one attached hydrogen (secondary N) is 1. The quantitative estimate of drug-likeness (QED) is 0.863. The first-order valence-corrected chi connectivity index (χ1v) is 6.52. The maximum Gasteiger partial charge on any atom is 0.138 e. The van der Waals surface area contributed by atoms with Crippen molar-refractivity contribution in [1.82, 2.24) is 20.1 Å². The molecule has 2 rings (SSSR count). The minimum atomic E-state index is -0.153. The van der Waals surface area contributed by atoms with Gasteiger partial charge in [0.2, 0.25) is 0 Å². The second kappa shape index (κ2) is 6.43. The molecule has 1 heterocycles. The van der Waals surface area contributed by atoms with Crippen LogP contribution in [-0.4, -0.2) is 27.9 Å². The molecule has 0 fully saturated rings. The summed E-state index contributed by atoms with van der Waals surface area (Å²) < 4.78 is 15.5. The van der Waals surface area contributed by atoms with Crippen LogP contribution in [-0.2, 0) is 19.4 Å². The number of benzene rings is 1. The van der Waals surface area contributed by atoms with E-state index < -0.39 is 0 Å². The van der Waals surface area contributed by atoms with Gasteiger partial charge in [-0.3, -0.25) is 4.68 Å². The topological polar surface area (TPSA) is 42.7 Å². The molecule has 1 atom stereocenters. The fourth-order valence-electron chi connectivity index (χ4n) is 2.14. The number of aromatic nitrogens is 3. The molecule has 5 heteroatoms. The monoisotopic (exact) mass is 262 g/mol. The van der Waals surface area contributed by atoms with Gasteiger partial charge in [-0.2, -0.15) is 5.10 Å². The first kappa shape index (κ1) is 13.7. The molecule has 0 saturated heterocycles. The number of rotatable bonds is 6. The molecule has 2 aromatic rings. The molecule has 1 unspecified atom stereocenters. The lowest BCUT2D eigenvalue weighted by atomic mass is 10.0. The molecule has 0 amide bonds. The van der Waals surface area contributed by atoms with Crippen LogP contribution in [0.1, 0.15) is 18.3 Å². The highest BCUT2D eigenvalue weighted by molar-refractivity contribution is 5.18. The van der Waals surface area contributed by atoms with E-state index in [-0.39, 0.29) is 11.9 Å². The van der Waals surface area contributed by atoms with Gasteiger partial charge in [-0.25, -0.2) is 9.37 Å². The second-order valence-electron chi connectivity index (χ2n) is 4.48. The molecule has 0 aliphatic carbocycles. The summed E-state index contributed by atoms with van der Waals surface area (Å²) in [5.41, 5.74) is 0.726. The van der Waals surface area contributed by atoms with Crippen molar-refractivity contribution in [3.63, 3.8) is 0 Å². The van der Waals surface area contributed by atoms with Gasteiger partial charge in [0.25, 0.3) is 0 Å². The van der Waals surface area contributed by atoms with E-state index in [1.54, 1.807) is 12.4 Å². The van der Waals surface area contributed by atoms with E-state index in [0.29, 0.717) is 6.42 Å². The molecular weight excluding hydrogens is 243 g/mol. The van der Waals surface area contributed by atoms with E-state index in [9.17, 15) is 4.39 Å². The van der Waals surface area contributed by atoms with Crippen molar-refractivity contribution in [2.75, 3.05) is 7.05 Å². The third kappa shape index (κ3) is 3.38. The van der Waals surface area contributed by atoms with Gasteiger partial charge in [0.05, 0.1) is 0 Å². The maximum absolute atomic E-state index is 13.6. The first-order chi connectivity index (χ1) is 9.24. The number of nitrogens with zero attached hydrogens (tertiary/aromatic N) is 3. The molecule has 1 N–H and O–H groups in total. The highest BCUT2D eigenvalue weighted by Crippen LogP contribution is 2.11. The van der Waals surface area contributed by atoms with Crippen molar-refractivity contribution in [2.45, 2.75) is 32.4 Å². The predicted octanol–water partition coefficient (Wildman–Crippen LogP) is 1.81. The Bertz CT molecular complexity index is 524. The third-order valence-corrected chi connectivity index (χ3v) is 3.26. The Morgan fingerprint density at radius 1 is 1.32 bits per heavy atom. The van der Waals surface area contributed by atoms with Gasteiger partial charge in [-0.1, -0.05) is 18.2 Å². The van der Waals surface area contributed by atoms with Crippen LogP contribution in [0, 0.1) is 5.82 Å². The molecule has 0 aliphatic heterocycles. The third-order valence-electron chi connectivity index (χ3n) is 3.26. The minimum Gasteiger partial charge on any atom is -0.316 e. The van der Waals surface area contributed by atoms with Crippen molar-refractivity contribution < 1.29 is 4.39 Å². The van der Waals surface area contributed by atoms with Crippen molar-refractivity contribution in [3.05, 3.63) is 47.8 Å². The fourth-order valence-corrected chi connectivity index (χ4v) is 2.14. The molecule has 102 valence electrons. The first-order valence-electron chi connectivity index (χ1n) is 6.52. The highest BCUT2D eigenvalue weighted by Gasteiger charge is 2.14. The average Bonchev–Trinajstić information content (AvgIpc) is 2.87. The van der Waals surface area contributed by atoms with Gasteiger partial charge in [0, 0.05) is 19.0 Å². The van der Waals surface area contributed by atoms with Gasteiger partial charge < -0.3 is 5.32 Å². The number of likely N-dealkylation sites (N-methyl/N-ethyl adjacent to an activating group) is 1. The number of aryl methyl sites for hydroxylation is 1. The van der Waals surface area contributed by atoms with Crippen LogP contribution in [0.15, 0.2) is 30.6 Å². The van der Waals surface area contributed by atoms with Gasteiger partial charge in [0.1, 0.15) is 18.0 Å². The van der Waals surface area contributed by atoms with E-state index >= 15 is 0 Å². The Morgan fingerprint density at radius 3 is 2.79 bits per heavy atom. The molecular formula is C14H19FN4. The zero-order chi connectivity index (χ0) is 13.7.